The highest BCUT2D eigenvalue weighted by atomic mass is 32.2. The first-order valence-electron chi connectivity index (χ1n) is 6.31. The smallest absolute Gasteiger partial charge is 0.277 e. The highest BCUT2D eigenvalue weighted by molar-refractivity contribution is 7.73. The Balaban J connectivity index is 2.48. The number of nitrogens with zero attached hydrogens (tertiary/aromatic N) is 1. The van der Waals surface area contributed by atoms with Gasteiger partial charge in [0.25, 0.3) is 15.3 Å². The lowest BCUT2D eigenvalue weighted by molar-refractivity contribution is -0.745. The van der Waals surface area contributed by atoms with Crippen LogP contribution >= 0.6 is 0 Å². The van der Waals surface area contributed by atoms with Crippen LogP contribution in [0.2, 0.25) is 0 Å². The first-order chi connectivity index (χ1) is 9.33. The van der Waals surface area contributed by atoms with E-state index in [9.17, 15) is 13.6 Å². The van der Waals surface area contributed by atoms with E-state index >= 15 is 0 Å². The largest absolute Gasteiger partial charge is 0.621 e. The molecule has 0 amide bonds. The van der Waals surface area contributed by atoms with Gasteiger partial charge >= 0.3 is 0 Å². The molecule has 0 saturated carbocycles. The van der Waals surface area contributed by atoms with Crippen molar-refractivity contribution in [3.63, 3.8) is 0 Å². The van der Waals surface area contributed by atoms with E-state index in [4.69, 9.17) is 0 Å². The molecule has 0 N–H and O–H groups in total. The lowest BCUT2D eigenvalue weighted by atomic mass is 10.0. The van der Waals surface area contributed by atoms with Gasteiger partial charge < -0.3 is 5.21 Å². The average Bonchev–Trinajstić information content (AvgIpc) is 2.32. The summed E-state index contributed by atoms with van der Waals surface area (Å²) in [6.07, 6.45) is 4.63. The van der Waals surface area contributed by atoms with Gasteiger partial charge in [-0.25, -0.2) is 0 Å². The molecule has 20 heavy (non-hydrogen) atoms. The van der Waals surface area contributed by atoms with Gasteiger partial charge in [0, 0.05) is 11.1 Å². The quantitative estimate of drug-likeness (QED) is 0.478. The van der Waals surface area contributed by atoms with Crippen molar-refractivity contribution in [3.8, 4) is 0 Å². The third-order valence-corrected chi connectivity index (χ3v) is 4.36. The molecule has 0 aromatic heterocycles. The van der Waals surface area contributed by atoms with E-state index in [1.54, 1.807) is 19.1 Å². The molecule has 1 aromatic rings. The van der Waals surface area contributed by atoms with Crippen LogP contribution in [0.4, 0.5) is 0 Å². The molecule has 0 fully saturated rings. The average molecular weight is 291 g/mol. The second-order valence-electron chi connectivity index (χ2n) is 5.11. The molecule has 0 aliphatic carbocycles. The van der Waals surface area contributed by atoms with Gasteiger partial charge in [0.15, 0.2) is 0 Å². The van der Waals surface area contributed by atoms with Crippen LogP contribution in [0.5, 0.6) is 0 Å². The fourth-order valence-electron chi connectivity index (χ4n) is 2.42. The summed E-state index contributed by atoms with van der Waals surface area (Å²) in [6.45, 7) is 5.63. The minimum Gasteiger partial charge on any atom is -0.621 e. The molecule has 4 nitrogen and oxygen atoms in total. The summed E-state index contributed by atoms with van der Waals surface area (Å²) in [5, 5.41) is 12.9. The van der Waals surface area contributed by atoms with E-state index in [1.165, 1.54) is 6.20 Å². The minimum atomic E-state index is -2.53. The molecule has 0 saturated heterocycles. The molecule has 106 valence electrons. The third-order valence-electron chi connectivity index (χ3n) is 3.42. The predicted molar refractivity (Wildman–Crippen MR) is 80.1 cm³/mol. The number of allylic oxidation sites excluding steroid dienone is 2. The first-order valence-corrected chi connectivity index (χ1v) is 7.39. The first kappa shape index (κ1) is 14.7. The van der Waals surface area contributed by atoms with E-state index in [0.29, 0.717) is 5.57 Å². The summed E-state index contributed by atoms with van der Waals surface area (Å²) in [4.78, 5) is -0.118. The van der Waals surface area contributed by atoms with Gasteiger partial charge in [-0.2, -0.15) is 8.42 Å². The maximum Gasteiger partial charge on any atom is 0.277 e. The monoisotopic (exact) mass is 291 g/mol. The zero-order chi connectivity index (χ0) is 14.9. The number of hydrogen-bond donors (Lipinski definition) is 0. The Morgan fingerprint density at radius 1 is 1.20 bits per heavy atom. The number of aryl methyl sites for hydroxylation is 2. The molecular formula is C15H17NO3S. The number of benzene rings is 1. The zero-order valence-electron chi connectivity index (χ0n) is 11.8. The Labute approximate surface area is 120 Å². The Bertz CT molecular complexity index is 736. The number of hydroxylamine groups is 3. The normalized spacial score (nSPS) is 21.8. The molecule has 1 aliphatic rings. The Morgan fingerprint density at radius 3 is 2.50 bits per heavy atom. The summed E-state index contributed by atoms with van der Waals surface area (Å²) in [5.74, 6) is 0. The fourth-order valence-corrected chi connectivity index (χ4v) is 3.13. The summed E-state index contributed by atoms with van der Waals surface area (Å²) >= 11 is 0. The Morgan fingerprint density at radius 2 is 1.90 bits per heavy atom. The van der Waals surface area contributed by atoms with Crippen molar-refractivity contribution in [1.82, 2.24) is 0 Å². The molecule has 1 heterocycles. The summed E-state index contributed by atoms with van der Waals surface area (Å²) in [6, 6.07) is 5.81. The van der Waals surface area contributed by atoms with E-state index in [2.05, 4.69) is 0 Å². The highest BCUT2D eigenvalue weighted by Gasteiger charge is 2.29. The van der Waals surface area contributed by atoms with Crippen molar-refractivity contribution < 1.29 is 13.1 Å². The second kappa shape index (κ2) is 5.36. The van der Waals surface area contributed by atoms with Gasteiger partial charge in [-0.1, -0.05) is 23.8 Å². The molecule has 1 unspecified atom stereocenters. The van der Waals surface area contributed by atoms with Crippen molar-refractivity contribution in [1.29, 1.82) is 0 Å². The van der Waals surface area contributed by atoms with Crippen LogP contribution < -0.4 is 0 Å². The molecular weight excluding hydrogens is 274 g/mol. The van der Waals surface area contributed by atoms with E-state index < -0.39 is 14.9 Å². The minimum absolute atomic E-state index is 0.0805. The van der Waals surface area contributed by atoms with E-state index in [0.717, 1.165) is 16.7 Å². The van der Waals surface area contributed by atoms with Gasteiger partial charge in [0.2, 0.25) is 0 Å². The van der Waals surface area contributed by atoms with E-state index in [-0.39, 0.29) is 11.5 Å². The van der Waals surface area contributed by atoms with Gasteiger partial charge in [0.1, 0.15) is 12.7 Å². The second-order valence-corrected chi connectivity index (χ2v) is 5.97. The van der Waals surface area contributed by atoms with Crippen molar-refractivity contribution in [2.45, 2.75) is 27.3 Å². The lowest BCUT2D eigenvalue weighted by Gasteiger charge is -2.39. The maximum atomic E-state index is 12.9. The van der Waals surface area contributed by atoms with Crippen LogP contribution in [0.1, 0.15) is 23.6 Å². The van der Waals surface area contributed by atoms with Gasteiger partial charge in [-0.3, -0.25) is 4.65 Å². The van der Waals surface area contributed by atoms with Gasteiger partial charge in [-0.15, -0.1) is 0 Å². The van der Waals surface area contributed by atoms with Crippen LogP contribution in [0.3, 0.4) is 0 Å². The molecule has 0 spiro atoms. The molecule has 0 radical (unpaired) electrons. The number of quaternary nitrogens is 1. The SMILES string of the molecule is CC1=CC=C[N+]([O-])(Cc2ccc(C)cc2C)C1=S(=O)=O. The van der Waals surface area contributed by atoms with Crippen LogP contribution in [0.25, 0.3) is 0 Å². The van der Waals surface area contributed by atoms with Crippen molar-refractivity contribution >= 4 is 15.3 Å². The van der Waals surface area contributed by atoms with Crippen LogP contribution in [0, 0.1) is 19.1 Å². The third kappa shape index (κ3) is 2.75. The molecule has 2 rings (SSSR count). The topological polar surface area (TPSA) is 57.2 Å². The highest BCUT2D eigenvalue weighted by Crippen LogP contribution is 2.24. The lowest BCUT2D eigenvalue weighted by Crippen LogP contribution is -2.44. The zero-order valence-corrected chi connectivity index (χ0v) is 12.6. The van der Waals surface area contributed by atoms with Crippen molar-refractivity contribution in [2.24, 2.45) is 0 Å². The van der Waals surface area contributed by atoms with Crippen molar-refractivity contribution in [2.75, 3.05) is 0 Å². The van der Waals surface area contributed by atoms with Crippen LogP contribution in [-0.2, 0) is 16.8 Å². The molecule has 1 aromatic carbocycles. The van der Waals surface area contributed by atoms with Gasteiger partial charge in [0.05, 0.1) is 0 Å². The van der Waals surface area contributed by atoms with E-state index in [1.807, 2.05) is 32.0 Å². The number of hydrogen-bond acceptors (Lipinski definition) is 3. The van der Waals surface area contributed by atoms with Crippen molar-refractivity contribution in [3.05, 3.63) is 64.0 Å². The summed E-state index contributed by atoms with van der Waals surface area (Å²) in [7, 11) is -2.53. The molecule has 1 atom stereocenters. The molecule has 5 heteroatoms. The standard InChI is InChI=1S/C15H17NO3S/c1-11-6-7-14(13(3)9-11)10-16(17)8-4-5-12(2)15(16)20(18)19/h4-9H,10H2,1-3H3. The Kier molecular flexibility index (Phi) is 3.94. The van der Waals surface area contributed by atoms with Crippen LogP contribution in [0.15, 0.2) is 42.1 Å². The Hall–Kier alpha value is -1.69. The predicted octanol–water partition coefficient (Wildman–Crippen LogP) is 2.60. The molecule has 1 aliphatic heterocycles. The van der Waals surface area contributed by atoms with Crippen LogP contribution in [-0.4, -0.2) is 18.1 Å². The number of rotatable bonds is 2. The fraction of sp³-hybridized carbons (Fsp3) is 0.267. The summed E-state index contributed by atoms with van der Waals surface area (Å²) < 4.78 is 21.8. The molecule has 0 bridgehead atoms. The summed E-state index contributed by atoms with van der Waals surface area (Å²) in [5.41, 5.74) is 3.45. The maximum absolute atomic E-state index is 12.9. The van der Waals surface area contributed by atoms with Gasteiger partial charge in [-0.05, 0) is 38.5 Å².